The molecule has 0 saturated heterocycles. The maximum Gasteiger partial charge on any atom is 0.213 e. The molecule has 0 amide bonds. The first-order valence-corrected chi connectivity index (χ1v) is 11.4. The normalized spacial score (nSPS) is 19.5. The van der Waals surface area contributed by atoms with Gasteiger partial charge >= 0.3 is 0 Å². The van der Waals surface area contributed by atoms with E-state index in [4.69, 9.17) is 14.6 Å². The Morgan fingerprint density at radius 1 is 1.03 bits per heavy atom. The highest BCUT2D eigenvalue weighted by atomic mass is 79.9. The minimum absolute atomic E-state index is 0.133. The number of ether oxygens (including phenoxy) is 2. The first kappa shape index (κ1) is 20.1. The highest BCUT2D eigenvalue weighted by Gasteiger charge is 2.41. The van der Waals surface area contributed by atoms with Gasteiger partial charge in [-0.15, -0.1) is 0 Å². The maximum absolute atomic E-state index is 6.47. The third-order valence-corrected chi connectivity index (χ3v) is 6.17. The summed E-state index contributed by atoms with van der Waals surface area (Å²) in [4.78, 5) is 0. The molecule has 0 spiro atoms. The summed E-state index contributed by atoms with van der Waals surface area (Å²) in [7, 11) is 0. The molecule has 3 aromatic carbocycles. The molecule has 2 aliphatic heterocycles. The minimum atomic E-state index is -0.283. The van der Waals surface area contributed by atoms with Crippen molar-refractivity contribution in [2.24, 2.45) is 5.10 Å². The van der Waals surface area contributed by atoms with Crippen LogP contribution in [-0.2, 0) is 0 Å². The van der Waals surface area contributed by atoms with Crippen molar-refractivity contribution in [1.82, 2.24) is 5.01 Å². The molecule has 0 N–H and O–H groups in total. The van der Waals surface area contributed by atoms with Crippen molar-refractivity contribution in [2.75, 3.05) is 0 Å². The van der Waals surface area contributed by atoms with E-state index in [9.17, 15) is 0 Å². The van der Waals surface area contributed by atoms with Gasteiger partial charge in [-0.2, -0.15) is 5.10 Å². The average molecular weight is 477 g/mol. The summed E-state index contributed by atoms with van der Waals surface area (Å²) in [5.41, 5.74) is 5.72. The van der Waals surface area contributed by atoms with Gasteiger partial charge in [0.05, 0.1) is 17.9 Å². The van der Waals surface area contributed by atoms with E-state index in [0.717, 1.165) is 44.8 Å². The van der Waals surface area contributed by atoms with Crippen LogP contribution < -0.4 is 9.47 Å². The van der Waals surface area contributed by atoms with Crippen molar-refractivity contribution < 1.29 is 9.47 Å². The summed E-state index contributed by atoms with van der Waals surface area (Å²) in [6, 6.07) is 23.1. The van der Waals surface area contributed by atoms with Crippen molar-refractivity contribution in [3.05, 3.63) is 93.5 Å². The Bertz CT molecular complexity index is 1120. The molecule has 3 aromatic rings. The summed E-state index contributed by atoms with van der Waals surface area (Å²) in [5.74, 6) is 1.78. The van der Waals surface area contributed by atoms with Gasteiger partial charge in [0.2, 0.25) is 6.23 Å². The monoisotopic (exact) mass is 476 g/mol. The maximum atomic E-state index is 6.47. The second-order valence-electron chi connectivity index (χ2n) is 8.40. The number of hydrogen-bond acceptors (Lipinski definition) is 4. The lowest BCUT2D eigenvalue weighted by Crippen LogP contribution is -2.33. The second kappa shape index (κ2) is 8.04. The van der Waals surface area contributed by atoms with Crippen LogP contribution in [0.5, 0.6) is 11.5 Å². The van der Waals surface area contributed by atoms with Crippen LogP contribution in [0.4, 0.5) is 0 Å². The van der Waals surface area contributed by atoms with Crippen molar-refractivity contribution >= 4 is 21.6 Å². The van der Waals surface area contributed by atoms with Crippen LogP contribution in [0.3, 0.4) is 0 Å². The average Bonchev–Trinajstić information content (AvgIpc) is 3.20. The van der Waals surface area contributed by atoms with Gasteiger partial charge in [0.15, 0.2) is 0 Å². The Labute approximate surface area is 191 Å². The molecule has 4 nitrogen and oxygen atoms in total. The molecule has 31 heavy (non-hydrogen) atoms. The zero-order chi connectivity index (χ0) is 21.5. The van der Waals surface area contributed by atoms with E-state index in [1.165, 1.54) is 5.56 Å². The molecule has 158 valence electrons. The zero-order valence-corrected chi connectivity index (χ0v) is 19.5. The zero-order valence-electron chi connectivity index (χ0n) is 17.9. The predicted octanol–water partition coefficient (Wildman–Crippen LogP) is 6.79. The van der Waals surface area contributed by atoms with Gasteiger partial charge < -0.3 is 9.47 Å². The van der Waals surface area contributed by atoms with Crippen LogP contribution >= 0.6 is 15.9 Å². The Balaban J connectivity index is 1.53. The van der Waals surface area contributed by atoms with E-state index in [2.05, 4.69) is 70.3 Å². The van der Waals surface area contributed by atoms with E-state index in [-0.39, 0.29) is 18.4 Å². The van der Waals surface area contributed by atoms with E-state index in [1.807, 2.05) is 38.1 Å². The predicted molar refractivity (Wildman–Crippen MR) is 127 cm³/mol. The van der Waals surface area contributed by atoms with Gasteiger partial charge in [-0.3, -0.25) is 0 Å². The number of rotatable bonds is 4. The number of nitrogens with zero attached hydrogens (tertiary/aromatic N) is 2. The molecule has 0 bridgehead atoms. The van der Waals surface area contributed by atoms with E-state index >= 15 is 0 Å². The van der Waals surface area contributed by atoms with Crippen LogP contribution in [-0.4, -0.2) is 16.8 Å². The van der Waals surface area contributed by atoms with Gasteiger partial charge in [0.1, 0.15) is 11.5 Å². The third kappa shape index (κ3) is 3.94. The largest absolute Gasteiger partial charge is 0.491 e. The lowest BCUT2D eigenvalue weighted by Gasteiger charge is -2.38. The molecule has 0 fully saturated rings. The fourth-order valence-electron chi connectivity index (χ4n) is 4.18. The standard InChI is InChI=1S/C26H25BrN2O2/c1-16(2)30-21-11-8-19(9-12-21)26-29-24(22-14-20(27)10-13-25(22)31-26)15-23(28-29)18-6-4-17(3)5-7-18/h4-14,16,24,26H,15H2,1-3H3/t24-,26-/m1/s1. The Kier molecular flexibility index (Phi) is 5.22. The van der Waals surface area contributed by atoms with Gasteiger partial charge in [-0.1, -0.05) is 45.8 Å². The highest BCUT2D eigenvalue weighted by molar-refractivity contribution is 9.10. The topological polar surface area (TPSA) is 34.1 Å². The van der Waals surface area contributed by atoms with Gasteiger partial charge in [-0.25, -0.2) is 5.01 Å². The molecular weight excluding hydrogens is 452 g/mol. The van der Waals surface area contributed by atoms with Crippen LogP contribution in [0.2, 0.25) is 0 Å². The van der Waals surface area contributed by atoms with Crippen molar-refractivity contribution in [3.63, 3.8) is 0 Å². The van der Waals surface area contributed by atoms with Crippen LogP contribution in [0.25, 0.3) is 0 Å². The first-order chi connectivity index (χ1) is 15.0. The summed E-state index contributed by atoms with van der Waals surface area (Å²) in [6.45, 7) is 6.17. The summed E-state index contributed by atoms with van der Waals surface area (Å²) >= 11 is 3.62. The summed E-state index contributed by atoms with van der Waals surface area (Å²) < 4.78 is 13.3. The van der Waals surface area contributed by atoms with Crippen molar-refractivity contribution in [2.45, 2.75) is 45.6 Å². The molecular formula is C26H25BrN2O2. The van der Waals surface area contributed by atoms with Crippen LogP contribution in [0.15, 0.2) is 76.3 Å². The van der Waals surface area contributed by atoms with Crippen LogP contribution in [0, 0.1) is 6.92 Å². The number of hydrogen-bond donors (Lipinski definition) is 0. The van der Waals surface area contributed by atoms with E-state index in [0.29, 0.717) is 0 Å². The fraction of sp³-hybridized carbons (Fsp3) is 0.269. The smallest absolute Gasteiger partial charge is 0.213 e. The van der Waals surface area contributed by atoms with Crippen molar-refractivity contribution in [3.8, 4) is 11.5 Å². The molecule has 0 unspecified atom stereocenters. The third-order valence-electron chi connectivity index (χ3n) is 5.67. The molecule has 0 saturated carbocycles. The number of aryl methyl sites for hydroxylation is 1. The summed E-state index contributed by atoms with van der Waals surface area (Å²) in [5, 5.41) is 7.16. The molecule has 5 heteroatoms. The van der Waals surface area contributed by atoms with Gasteiger partial charge in [-0.05, 0) is 68.8 Å². The Morgan fingerprint density at radius 3 is 2.48 bits per heavy atom. The molecule has 2 heterocycles. The number of fused-ring (bicyclic) bond motifs is 3. The molecule has 2 atom stereocenters. The fourth-order valence-corrected chi connectivity index (χ4v) is 4.56. The highest BCUT2D eigenvalue weighted by Crippen LogP contribution is 2.48. The van der Waals surface area contributed by atoms with Gasteiger partial charge in [0, 0.05) is 22.0 Å². The molecule has 0 radical (unpaired) electrons. The molecule has 5 rings (SSSR count). The van der Waals surface area contributed by atoms with Crippen molar-refractivity contribution in [1.29, 1.82) is 0 Å². The lowest BCUT2D eigenvalue weighted by atomic mass is 9.95. The quantitative estimate of drug-likeness (QED) is 0.415. The van der Waals surface area contributed by atoms with E-state index < -0.39 is 0 Å². The molecule has 2 aliphatic rings. The van der Waals surface area contributed by atoms with E-state index in [1.54, 1.807) is 0 Å². The number of benzene rings is 3. The number of hydrazone groups is 1. The Hall–Kier alpha value is -2.79. The minimum Gasteiger partial charge on any atom is -0.491 e. The number of halogens is 1. The van der Waals surface area contributed by atoms with Gasteiger partial charge in [0.25, 0.3) is 0 Å². The molecule has 0 aliphatic carbocycles. The SMILES string of the molecule is Cc1ccc(C2=NN3[C@H](C2)c2cc(Br)ccc2O[C@@H]3c2ccc(OC(C)C)cc2)cc1. The second-order valence-corrected chi connectivity index (χ2v) is 9.32. The molecule has 0 aromatic heterocycles. The Morgan fingerprint density at radius 2 is 1.77 bits per heavy atom. The lowest BCUT2D eigenvalue weighted by molar-refractivity contribution is -0.0191. The summed E-state index contributed by atoms with van der Waals surface area (Å²) in [6.07, 6.45) is 0.711. The first-order valence-electron chi connectivity index (χ1n) is 10.6. The van der Waals surface area contributed by atoms with Crippen LogP contribution in [0.1, 0.15) is 54.8 Å².